The van der Waals surface area contributed by atoms with Crippen molar-refractivity contribution < 1.29 is 18.3 Å². The van der Waals surface area contributed by atoms with E-state index >= 15 is 0 Å². The molecule has 0 spiro atoms. The Bertz CT molecular complexity index is 405. The van der Waals surface area contributed by atoms with Crippen molar-refractivity contribution in [3.8, 4) is 0 Å². The van der Waals surface area contributed by atoms with E-state index in [1.54, 1.807) is 0 Å². The average Bonchev–Trinajstić information content (AvgIpc) is 2.30. The summed E-state index contributed by atoms with van der Waals surface area (Å²) < 4.78 is 30.7. The molecular weight excluding hydrogens is 266 g/mol. The third kappa shape index (κ3) is 4.95. The van der Waals surface area contributed by atoms with E-state index in [1.807, 2.05) is 0 Å². The predicted octanol–water partition coefficient (Wildman–Crippen LogP) is 0.977. The van der Waals surface area contributed by atoms with Crippen LogP contribution >= 0.6 is 12.4 Å². The second-order valence-electron chi connectivity index (χ2n) is 3.52. The van der Waals surface area contributed by atoms with E-state index in [-0.39, 0.29) is 31.1 Å². The van der Waals surface area contributed by atoms with Crippen molar-refractivity contribution in [2.75, 3.05) is 13.7 Å². The summed E-state index contributed by atoms with van der Waals surface area (Å²) in [6.07, 6.45) is 0. The minimum atomic E-state index is -0.823. The van der Waals surface area contributed by atoms with Gasteiger partial charge < -0.3 is 15.8 Å². The van der Waals surface area contributed by atoms with Crippen molar-refractivity contribution in [2.24, 2.45) is 5.73 Å². The molecule has 1 rings (SSSR count). The number of carbonyl (C=O) groups is 1. The van der Waals surface area contributed by atoms with Crippen molar-refractivity contribution in [1.29, 1.82) is 0 Å². The molecule has 4 nitrogen and oxygen atoms in total. The highest BCUT2D eigenvalue weighted by molar-refractivity contribution is 5.85. The molecule has 1 amide bonds. The van der Waals surface area contributed by atoms with Crippen LogP contribution in [0.1, 0.15) is 5.56 Å². The summed E-state index contributed by atoms with van der Waals surface area (Å²) in [5.74, 6) is -1.61. The summed E-state index contributed by atoms with van der Waals surface area (Å²) in [4.78, 5) is 11.4. The lowest BCUT2D eigenvalue weighted by Gasteiger charge is -2.11. The standard InChI is InChI=1S/C11H14F2N2O2.ClH/c1-17-6-10(14)11(16)15-5-7-4-8(12)2-3-9(7)13;/h2-4,10H,5-6,14H2,1H3,(H,15,16);1H. The zero-order valence-electron chi connectivity index (χ0n) is 9.78. The van der Waals surface area contributed by atoms with Gasteiger partial charge in [0.25, 0.3) is 0 Å². The van der Waals surface area contributed by atoms with Gasteiger partial charge in [-0.2, -0.15) is 0 Å². The van der Waals surface area contributed by atoms with Crippen LogP contribution in [0.3, 0.4) is 0 Å². The number of amides is 1. The number of carbonyl (C=O) groups excluding carboxylic acids is 1. The Hall–Kier alpha value is -1.24. The highest BCUT2D eigenvalue weighted by Crippen LogP contribution is 2.09. The van der Waals surface area contributed by atoms with Crippen molar-refractivity contribution in [3.05, 3.63) is 35.4 Å². The quantitative estimate of drug-likeness (QED) is 0.845. The topological polar surface area (TPSA) is 64.3 Å². The summed E-state index contributed by atoms with van der Waals surface area (Å²) in [6.45, 7) is -0.0443. The van der Waals surface area contributed by atoms with Crippen molar-refractivity contribution in [2.45, 2.75) is 12.6 Å². The maximum absolute atomic E-state index is 13.2. The molecule has 0 radical (unpaired) electrons. The van der Waals surface area contributed by atoms with E-state index in [2.05, 4.69) is 5.32 Å². The molecule has 102 valence electrons. The van der Waals surface area contributed by atoms with E-state index in [9.17, 15) is 13.6 Å². The van der Waals surface area contributed by atoms with Gasteiger partial charge in [0.1, 0.15) is 17.7 Å². The second-order valence-corrected chi connectivity index (χ2v) is 3.52. The molecule has 0 saturated carbocycles. The fourth-order valence-electron chi connectivity index (χ4n) is 1.25. The maximum atomic E-state index is 13.2. The molecule has 3 N–H and O–H groups in total. The van der Waals surface area contributed by atoms with Crippen molar-refractivity contribution in [1.82, 2.24) is 5.32 Å². The zero-order chi connectivity index (χ0) is 12.8. The molecule has 1 unspecified atom stereocenters. The number of benzene rings is 1. The lowest BCUT2D eigenvalue weighted by atomic mass is 10.2. The first-order valence-electron chi connectivity index (χ1n) is 5.00. The fraction of sp³-hybridized carbons (Fsp3) is 0.364. The first-order valence-corrected chi connectivity index (χ1v) is 5.00. The summed E-state index contributed by atoms with van der Waals surface area (Å²) in [5.41, 5.74) is 5.53. The summed E-state index contributed by atoms with van der Waals surface area (Å²) in [7, 11) is 1.42. The van der Waals surface area contributed by atoms with Crippen LogP contribution in [0.4, 0.5) is 8.78 Å². The minimum absolute atomic E-state index is 0. The van der Waals surface area contributed by atoms with Gasteiger partial charge in [0.15, 0.2) is 0 Å². The van der Waals surface area contributed by atoms with E-state index in [0.717, 1.165) is 18.2 Å². The van der Waals surface area contributed by atoms with Crippen LogP contribution in [-0.2, 0) is 16.1 Å². The number of halogens is 3. The first kappa shape index (κ1) is 16.8. The van der Waals surface area contributed by atoms with Gasteiger partial charge in [0.2, 0.25) is 5.91 Å². The van der Waals surface area contributed by atoms with Crippen LogP contribution in [-0.4, -0.2) is 25.7 Å². The molecule has 18 heavy (non-hydrogen) atoms. The van der Waals surface area contributed by atoms with Gasteiger partial charge in [-0.15, -0.1) is 12.4 Å². The van der Waals surface area contributed by atoms with Crippen LogP contribution in [0, 0.1) is 11.6 Å². The van der Waals surface area contributed by atoms with Gasteiger partial charge in [0, 0.05) is 19.2 Å². The van der Waals surface area contributed by atoms with E-state index in [1.165, 1.54) is 7.11 Å². The van der Waals surface area contributed by atoms with E-state index < -0.39 is 23.6 Å². The van der Waals surface area contributed by atoms with Crippen LogP contribution < -0.4 is 11.1 Å². The fourth-order valence-corrected chi connectivity index (χ4v) is 1.25. The molecule has 1 aromatic rings. The lowest BCUT2D eigenvalue weighted by molar-refractivity contribution is -0.123. The van der Waals surface area contributed by atoms with Crippen molar-refractivity contribution >= 4 is 18.3 Å². The molecule has 0 aliphatic heterocycles. The van der Waals surface area contributed by atoms with Crippen LogP contribution in [0.2, 0.25) is 0 Å². The Kier molecular flexibility index (Phi) is 7.42. The Balaban J connectivity index is 0.00000289. The Morgan fingerprint density at radius 1 is 1.50 bits per heavy atom. The van der Waals surface area contributed by atoms with Gasteiger partial charge in [-0.25, -0.2) is 8.78 Å². The van der Waals surface area contributed by atoms with Crippen molar-refractivity contribution in [3.63, 3.8) is 0 Å². The van der Waals surface area contributed by atoms with Crippen LogP contribution in [0.25, 0.3) is 0 Å². The molecule has 0 aliphatic carbocycles. The molecule has 0 fully saturated rings. The third-order valence-corrected chi connectivity index (χ3v) is 2.14. The highest BCUT2D eigenvalue weighted by atomic mass is 35.5. The Morgan fingerprint density at radius 3 is 2.78 bits per heavy atom. The number of methoxy groups -OCH3 is 1. The molecular formula is C11H15ClF2N2O2. The highest BCUT2D eigenvalue weighted by Gasteiger charge is 2.13. The summed E-state index contributed by atoms with van der Waals surface area (Å²) in [6, 6.07) is 2.22. The maximum Gasteiger partial charge on any atom is 0.239 e. The van der Waals surface area contributed by atoms with Gasteiger partial charge >= 0.3 is 0 Å². The normalized spacial score (nSPS) is 11.6. The van der Waals surface area contributed by atoms with Gasteiger partial charge in [-0.1, -0.05) is 0 Å². The third-order valence-electron chi connectivity index (χ3n) is 2.14. The summed E-state index contributed by atoms with van der Waals surface area (Å²) in [5, 5.41) is 2.40. The van der Waals surface area contributed by atoms with E-state index in [4.69, 9.17) is 10.5 Å². The van der Waals surface area contributed by atoms with Gasteiger partial charge in [-0.05, 0) is 18.2 Å². The molecule has 0 saturated heterocycles. The lowest BCUT2D eigenvalue weighted by Crippen LogP contribution is -2.43. The number of ether oxygens (including phenoxy) is 1. The largest absolute Gasteiger partial charge is 0.383 e. The van der Waals surface area contributed by atoms with Crippen LogP contribution in [0.5, 0.6) is 0 Å². The van der Waals surface area contributed by atoms with E-state index in [0.29, 0.717) is 0 Å². The average molecular weight is 281 g/mol. The van der Waals surface area contributed by atoms with Gasteiger partial charge in [-0.3, -0.25) is 4.79 Å². The molecule has 0 aliphatic rings. The Labute approximate surface area is 110 Å². The smallest absolute Gasteiger partial charge is 0.239 e. The zero-order valence-corrected chi connectivity index (χ0v) is 10.6. The van der Waals surface area contributed by atoms with Gasteiger partial charge in [0.05, 0.1) is 6.61 Å². The molecule has 1 aromatic carbocycles. The molecule has 0 bridgehead atoms. The molecule has 0 heterocycles. The number of rotatable bonds is 5. The predicted molar refractivity (Wildman–Crippen MR) is 65.3 cm³/mol. The SMILES string of the molecule is COCC(N)C(=O)NCc1cc(F)ccc1F.Cl. The summed E-state index contributed by atoms with van der Waals surface area (Å²) >= 11 is 0. The monoisotopic (exact) mass is 280 g/mol. The number of nitrogens with two attached hydrogens (primary N) is 1. The number of nitrogens with one attached hydrogen (secondary N) is 1. The number of hydrogen-bond acceptors (Lipinski definition) is 3. The molecule has 0 aromatic heterocycles. The van der Waals surface area contributed by atoms with Crippen LogP contribution in [0.15, 0.2) is 18.2 Å². The Morgan fingerprint density at radius 2 is 2.17 bits per heavy atom. The molecule has 1 atom stereocenters. The first-order chi connectivity index (χ1) is 8.04. The number of hydrogen-bond donors (Lipinski definition) is 2. The molecule has 7 heteroatoms. The minimum Gasteiger partial charge on any atom is -0.383 e. The second kappa shape index (κ2) is 7.97.